The lowest BCUT2D eigenvalue weighted by Crippen LogP contribution is -2.38. The van der Waals surface area contributed by atoms with Gasteiger partial charge in [0.25, 0.3) is 0 Å². The molecule has 0 spiro atoms. The first kappa shape index (κ1) is 36.4. The summed E-state index contributed by atoms with van der Waals surface area (Å²) in [5.41, 5.74) is -1.01. The third-order valence-corrected chi connectivity index (χ3v) is 8.80. The van der Waals surface area contributed by atoms with Gasteiger partial charge in [0.15, 0.2) is 0 Å². The van der Waals surface area contributed by atoms with Gasteiger partial charge in [-0.15, -0.1) is 13.2 Å². The third-order valence-electron chi connectivity index (χ3n) is 8.80. The number of benzene rings is 4. The molecule has 0 heterocycles. The molecule has 0 bridgehead atoms. The molecule has 0 unspecified atom stereocenters. The molecule has 1 saturated carbocycles. The molecule has 0 radical (unpaired) electrons. The Morgan fingerprint density at radius 3 is 1.84 bits per heavy atom. The number of unbranched alkanes of at least 4 members (excludes halogenated alkanes) is 2. The number of rotatable bonds is 11. The molecule has 0 saturated heterocycles. The zero-order valence-corrected chi connectivity index (χ0v) is 26.1. The van der Waals surface area contributed by atoms with Gasteiger partial charge in [0.05, 0.1) is 5.92 Å². The van der Waals surface area contributed by atoms with Gasteiger partial charge in [-0.25, -0.2) is 22.3 Å². The minimum Gasteiger partial charge on any atom is -0.429 e. The summed E-state index contributed by atoms with van der Waals surface area (Å²) in [7, 11) is 0. The molecule has 0 amide bonds. The van der Waals surface area contributed by atoms with Crippen molar-refractivity contribution in [2.24, 2.45) is 5.92 Å². The van der Waals surface area contributed by atoms with Crippen molar-refractivity contribution in [1.29, 1.82) is 0 Å². The molecule has 5 rings (SSSR count). The lowest BCUT2D eigenvalue weighted by Gasteiger charge is -2.33. The third kappa shape index (κ3) is 8.48. The summed E-state index contributed by atoms with van der Waals surface area (Å²) in [6, 6.07) is 12.9. The van der Waals surface area contributed by atoms with Crippen LogP contribution in [0.4, 0.5) is 48.3 Å². The zero-order chi connectivity index (χ0) is 35.7. The SMILES string of the molecule is CCCCCc1ccc2cc(-c3cc(F)c(C(F)(F)Oc4cc(F)c(C5CCC(C(F)(F)OC(F)(F)F)CC5)c(F)c4)c(F)c3)ccc2c1. The van der Waals surface area contributed by atoms with Gasteiger partial charge >= 0.3 is 18.6 Å². The summed E-state index contributed by atoms with van der Waals surface area (Å²) in [4.78, 5) is 0. The van der Waals surface area contributed by atoms with E-state index in [4.69, 9.17) is 0 Å². The number of aryl methyl sites for hydroxylation is 1. The van der Waals surface area contributed by atoms with Crippen LogP contribution in [0.2, 0.25) is 0 Å². The van der Waals surface area contributed by atoms with Crippen LogP contribution < -0.4 is 4.74 Å². The van der Waals surface area contributed by atoms with Crippen LogP contribution in [-0.2, 0) is 17.3 Å². The van der Waals surface area contributed by atoms with Crippen molar-refractivity contribution >= 4 is 10.8 Å². The van der Waals surface area contributed by atoms with E-state index < -0.39 is 83.4 Å². The maximum absolute atomic E-state index is 15.1. The first-order valence-electron chi connectivity index (χ1n) is 15.7. The molecule has 1 aliphatic carbocycles. The fourth-order valence-electron chi connectivity index (χ4n) is 6.39. The highest BCUT2D eigenvalue weighted by atomic mass is 19.4. The maximum Gasteiger partial charge on any atom is 0.527 e. The van der Waals surface area contributed by atoms with Gasteiger partial charge in [-0.3, -0.25) is 0 Å². The van der Waals surface area contributed by atoms with E-state index in [-0.39, 0.29) is 18.4 Å². The van der Waals surface area contributed by atoms with Crippen molar-refractivity contribution in [2.45, 2.75) is 82.8 Å². The van der Waals surface area contributed by atoms with Crippen molar-refractivity contribution in [3.63, 3.8) is 0 Å². The Labute approximate surface area is 274 Å². The van der Waals surface area contributed by atoms with Gasteiger partial charge in [0.1, 0.15) is 34.6 Å². The lowest BCUT2D eigenvalue weighted by atomic mass is 9.78. The number of ether oxygens (including phenoxy) is 2. The smallest absolute Gasteiger partial charge is 0.429 e. The topological polar surface area (TPSA) is 18.5 Å². The molecule has 13 heteroatoms. The minimum atomic E-state index is -5.60. The molecule has 1 fully saturated rings. The van der Waals surface area contributed by atoms with Crippen molar-refractivity contribution in [2.75, 3.05) is 0 Å². The van der Waals surface area contributed by atoms with Gasteiger partial charge in [-0.2, -0.15) is 17.6 Å². The van der Waals surface area contributed by atoms with Crippen LogP contribution in [0, 0.1) is 29.2 Å². The van der Waals surface area contributed by atoms with Crippen LogP contribution in [-0.4, -0.2) is 12.5 Å². The molecular weight excluding hydrogens is 673 g/mol. The number of hydrogen-bond donors (Lipinski definition) is 0. The predicted molar refractivity (Wildman–Crippen MR) is 160 cm³/mol. The van der Waals surface area contributed by atoms with E-state index in [1.165, 1.54) is 0 Å². The molecule has 1 aliphatic rings. The fourth-order valence-corrected chi connectivity index (χ4v) is 6.39. The molecule has 264 valence electrons. The van der Waals surface area contributed by atoms with Gasteiger partial charge in [-0.1, -0.05) is 50.1 Å². The largest absolute Gasteiger partial charge is 0.527 e. The van der Waals surface area contributed by atoms with E-state index in [0.29, 0.717) is 29.8 Å². The summed E-state index contributed by atoms with van der Waals surface area (Å²) in [5.74, 6) is -10.2. The average Bonchev–Trinajstić information content (AvgIpc) is 2.99. The zero-order valence-electron chi connectivity index (χ0n) is 26.1. The van der Waals surface area contributed by atoms with E-state index in [1.807, 2.05) is 18.2 Å². The van der Waals surface area contributed by atoms with Gasteiger partial charge < -0.3 is 4.74 Å². The number of hydrogen-bond acceptors (Lipinski definition) is 2. The van der Waals surface area contributed by atoms with Crippen molar-refractivity contribution in [1.82, 2.24) is 0 Å². The van der Waals surface area contributed by atoms with E-state index in [0.717, 1.165) is 42.0 Å². The van der Waals surface area contributed by atoms with Gasteiger partial charge in [-0.05, 0) is 90.1 Å². The Hall–Kier alpha value is -3.87. The molecule has 49 heavy (non-hydrogen) atoms. The van der Waals surface area contributed by atoms with Gasteiger partial charge in [0, 0.05) is 17.7 Å². The minimum absolute atomic E-state index is 0.0395. The highest BCUT2D eigenvalue weighted by molar-refractivity contribution is 5.88. The van der Waals surface area contributed by atoms with Crippen molar-refractivity contribution in [3.05, 3.63) is 101 Å². The average molecular weight is 705 g/mol. The number of fused-ring (bicyclic) bond motifs is 1. The summed E-state index contributed by atoms with van der Waals surface area (Å²) >= 11 is 0. The predicted octanol–water partition coefficient (Wildman–Crippen LogP) is 12.3. The monoisotopic (exact) mass is 704 g/mol. The summed E-state index contributed by atoms with van der Waals surface area (Å²) in [6.07, 6.45) is -12.6. The second-order valence-electron chi connectivity index (χ2n) is 12.2. The molecule has 0 N–H and O–H groups in total. The van der Waals surface area contributed by atoms with E-state index >= 15 is 17.6 Å². The molecule has 2 nitrogen and oxygen atoms in total. The Kier molecular flexibility index (Phi) is 10.5. The second kappa shape index (κ2) is 14.2. The molecule has 4 aromatic rings. The molecule has 0 atom stereocenters. The van der Waals surface area contributed by atoms with Crippen LogP contribution >= 0.6 is 0 Å². The lowest BCUT2D eigenvalue weighted by molar-refractivity contribution is -0.438. The van der Waals surface area contributed by atoms with Crippen LogP contribution in [0.1, 0.15) is 74.5 Å². The van der Waals surface area contributed by atoms with Crippen molar-refractivity contribution < 1.29 is 57.8 Å². The Bertz CT molecular complexity index is 1750. The van der Waals surface area contributed by atoms with Gasteiger partial charge in [0.2, 0.25) is 0 Å². The molecule has 0 aromatic heterocycles. The summed E-state index contributed by atoms with van der Waals surface area (Å²) in [6.45, 7) is 2.11. The summed E-state index contributed by atoms with van der Waals surface area (Å²) < 4.78 is 163. The van der Waals surface area contributed by atoms with Crippen LogP contribution in [0.5, 0.6) is 5.75 Å². The maximum atomic E-state index is 15.1. The Morgan fingerprint density at radius 1 is 0.653 bits per heavy atom. The van der Waals surface area contributed by atoms with E-state index in [9.17, 15) is 30.7 Å². The fraction of sp³-hybridized carbons (Fsp3) is 0.389. The summed E-state index contributed by atoms with van der Waals surface area (Å²) in [5, 5.41) is 1.66. The molecular formula is C36H31F11O2. The number of halogens is 11. The number of alkyl halides is 7. The van der Waals surface area contributed by atoms with Crippen LogP contribution in [0.25, 0.3) is 21.9 Å². The molecule has 0 aliphatic heterocycles. The van der Waals surface area contributed by atoms with Crippen LogP contribution in [0.15, 0.2) is 60.7 Å². The highest BCUT2D eigenvalue weighted by Gasteiger charge is 2.51. The first-order valence-corrected chi connectivity index (χ1v) is 15.7. The Morgan fingerprint density at radius 2 is 1.24 bits per heavy atom. The van der Waals surface area contributed by atoms with E-state index in [2.05, 4.69) is 16.4 Å². The molecule has 4 aromatic carbocycles. The highest BCUT2D eigenvalue weighted by Crippen LogP contribution is 2.46. The standard InChI is InChI=1S/C36H31F11O2/c1-2-3-4-5-20-6-7-23-15-24(9-8-22(23)14-20)25-16-30(39)33(31(40)17-25)35(43,44)48-27-18-28(37)32(29(38)19-27)21-10-12-26(13-11-21)34(41,42)49-36(45,46)47/h6-9,14-19,21,26H,2-5,10-13H2,1H3. The Balaban J connectivity index is 1.31. The van der Waals surface area contributed by atoms with Crippen molar-refractivity contribution in [3.8, 4) is 16.9 Å². The van der Waals surface area contributed by atoms with E-state index in [1.54, 1.807) is 18.2 Å². The van der Waals surface area contributed by atoms with Crippen LogP contribution in [0.3, 0.4) is 0 Å². The quantitative estimate of drug-likeness (QED) is 0.114. The first-order chi connectivity index (χ1) is 23.0. The normalized spacial score (nSPS) is 17.5. The second-order valence-corrected chi connectivity index (χ2v) is 12.2.